The molecule has 2 aromatic rings. The molecule has 27 heavy (non-hydrogen) atoms. The van der Waals surface area contributed by atoms with Crippen LogP contribution >= 0.6 is 11.8 Å². The molecule has 0 radical (unpaired) electrons. The molecule has 0 spiro atoms. The Balaban J connectivity index is 1.67. The predicted molar refractivity (Wildman–Crippen MR) is 103 cm³/mol. The molecule has 1 atom stereocenters. The summed E-state index contributed by atoms with van der Waals surface area (Å²) in [7, 11) is 0. The van der Waals surface area contributed by atoms with Crippen LogP contribution in [0.15, 0.2) is 29.4 Å². The van der Waals surface area contributed by atoms with Crippen molar-refractivity contribution < 1.29 is 13.9 Å². The molecule has 0 aliphatic carbocycles. The van der Waals surface area contributed by atoms with E-state index < -0.39 is 0 Å². The number of hydrogen-bond donors (Lipinski definition) is 1. The van der Waals surface area contributed by atoms with Crippen LogP contribution in [0.5, 0.6) is 0 Å². The summed E-state index contributed by atoms with van der Waals surface area (Å²) in [5, 5.41) is 11.9. The molecule has 1 aromatic heterocycles. The zero-order valence-corrected chi connectivity index (χ0v) is 16.5. The van der Waals surface area contributed by atoms with Gasteiger partial charge < -0.3 is 14.6 Å². The molecule has 0 saturated carbocycles. The normalized spacial score (nSPS) is 16.8. The van der Waals surface area contributed by atoms with Crippen LogP contribution in [-0.4, -0.2) is 45.7 Å². The Bertz CT molecular complexity index is 775. The first-order valence-corrected chi connectivity index (χ1v) is 10.2. The van der Waals surface area contributed by atoms with E-state index in [0.29, 0.717) is 35.6 Å². The van der Waals surface area contributed by atoms with Gasteiger partial charge in [0.05, 0.1) is 17.4 Å². The maximum Gasteiger partial charge on any atom is 0.230 e. The highest BCUT2D eigenvalue weighted by Crippen LogP contribution is 2.26. The van der Waals surface area contributed by atoms with Crippen molar-refractivity contribution in [3.8, 4) is 11.4 Å². The van der Waals surface area contributed by atoms with Gasteiger partial charge in [-0.25, -0.2) is 4.39 Å². The highest BCUT2D eigenvalue weighted by atomic mass is 32.2. The van der Waals surface area contributed by atoms with Gasteiger partial charge in [0.1, 0.15) is 5.82 Å². The van der Waals surface area contributed by atoms with Gasteiger partial charge in [0, 0.05) is 19.7 Å². The molecular weight excluding hydrogens is 367 g/mol. The van der Waals surface area contributed by atoms with E-state index in [1.165, 1.54) is 17.8 Å². The molecule has 1 aromatic carbocycles. The van der Waals surface area contributed by atoms with Gasteiger partial charge in [-0.1, -0.05) is 37.7 Å². The van der Waals surface area contributed by atoms with E-state index in [2.05, 4.69) is 29.4 Å². The van der Waals surface area contributed by atoms with Crippen molar-refractivity contribution >= 4 is 17.7 Å². The van der Waals surface area contributed by atoms with Crippen LogP contribution in [0, 0.1) is 11.7 Å². The van der Waals surface area contributed by atoms with Crippen molar-refractivity contribution in [1.82, 2.24) is 20.1 Å². The smallest absolute Gasteiger partial charge is 0.230 e. The minimum Gasteiger partial charge on any atom is -0.376 e. The fourth-order valence-corrected chi connectivity index (χ4v) is 3.76. The van der Waals surface area contributed by atoms with Gasteiger partial charge >= 0.3 is 0 Å². The van der Waals surface area contributed by atoms with Crippen molar-refractivity contribution in [2.45, 2.75) is 44.5 Å². The van der Waals surface area contributed by atoms with Crippen molar-refractivity contribution in [2.24, 2.45) is 5.92 Å². The molecule has 2 heterocycles. The summed E-state index contributed by atoms with van der Waals surface area (Å²) in [6.07, 6.45) is 2.16. The Kier molecular flexibility index (Phi) is 6.84. The first-order chi connectivity index (χ1) is 13.0. The molecule has 1 aliphatic rings. The third-order valence-corrected chi connectivity index (χ3v) is 5.23. The highest BCUT2D eigenvalue weighted by molar-refractivity contribution is 7.99. The number of rotatable bonds is 8. The molecule has 3 rings (SSSR count). The topological polar surface area (TPSA) is 69.0 Å². The number of nitrogens with one attached hydrogen (secondary N) is 1. The van der Waals surface area contributed by atoms with Crippen LogP contribution in [0.4, 0.5) is 4.39 Å². The molecule has 146 valence electrons. The van der Waals surface area contributed by atoms with E-state index in [1.807, 2.05) is 4.57 Å². The summed E-state index contributed by atoms with van der Waals surface area (Å²) in [6, 6.07) is 6.53. The summed E-state index contributed by atoms with van der Waals surface area (Å²) in [4.78, 5) is 12.1. The van der Waals surface area contributed by atoms with Crippen LogP contribution < -0.4 is 5.32 Å². The minimum absolute atomic E-state index is 0.0676. The van der Waals surface area contributed by atoms with Crippen LogP contribution in [0.3, 0.4) is 0 Å². The lowest BCUT2D eigenvalue weighted by Gasteiger charge is -2.13. The Labute approximate surface area is 162 Å². The van der Waals surface area contributed by atoms with E-state index >= 15 is 0 Å². The predicted octanol–water partition coefficient (Wildman–Crippen LogP) is 3.13. The zero-order valence-electron chi connectivity index (χ0n) is 15.7. The number of aromatic nitrogens is 3. The van der Waals surface area contributed by atoms with Crippen molar-refractivity contribution in [2.75, 3.05) is 18.9 Å². The van der Waals surface area contributed by atoms with E-state index in [4.69, 9.17) is 4.74 Å². The first kappa shape index (κ1) is 19.8. The summed E-state index contributed by atoms with van der Waals surface area (Å²) in [6.45, 7) is 6.11. The number of hydrogen-bond acceptors (Lipinski definition) is 5. The minimum atomic E-state index is -0.333. The number of amides is 1. The fraction of sp³-hybridized carbons (Fsp3) is 0.526. The van der Waals surface area contributed by atoms with E-state index in [0.717, 1.165) is 19.4 Å². The number of thioether (sulfide) groups is 1. The molecule has 0 unspecified atom stereocenters. The fourth-order valence-electron chi connectivity index (χ4n) is 2.98. The molecule has 8 heteroatoms. The largest absolute Gasteiger partial charge is 0.376 e. The Morgan fingerprint density at radius 1 is 1.41 bits per heavy atom. The average Bonchev–Trinajstić information content (AvgIpc) is 3.28. The van der Waals surface area contributed by atoms with Gasteiger partial charge in [-0.05, 0) is 30.9 Å². The van der Waals surface area contributed by atoms with Crippen LogP contribution in [0.1, 0.15) is 26.7 Å². The molecule has 1 amide bonds. The van der Waals surface area contributed by atoms with Crippen LogP contribution in [0.25, 0.3) is 11.4 Å². The van der Waals surface area contributed by atoms with Gasteiger partial charge in [-0.2, -0.15) is 0 Å². The van der Waals surface area contributed by atoms with Crippen LogP contribution in [0.2, 0.25) is 0 Å². The third-order valence-electron chi connectivity index (χ3n) is 4.26. The van der Waals surface area contributed by atoms with Crippen molar-refractivity contribution in [3.05, 3.63) is 30.1 Å². The van der Waals surface area contributed by atoms with Crippen molar-refractivity contribution in [3.63, 3.8) is 0 Å². The third kappa shape index (κ3) is 5.29. The molecule has 0 bridgehead atoms. The zero-order chi connectivity index (χ0) is 19.2. The van der Waals surface area contributed by atoms with Gasteiger partial charge in [-0.3, -0.25) is 4.79 Å². The van der Waals surface area contributed by atoms with Gasteiger partial charge in [0.2, 0.25) is 5.91 Å². The molecule has 1 N–H and O–H groups in total. The molecular formula is C19H25FN4O2S. The van der Waals surface area contributed by atoms with E-state index in [9.17, 15) is 9.18 Å². The second-order valence-corrected chi connectivity index (χ2v) is 7.96. The molecule has 1 saturated heterocycles. The number of carbonyl (C=O) groups excluding carboxylic acids is 1. The molecule has 6 nitrogen and oxygen atoms in total. The lowest BCUT2D eigenvalue weighted by atomic mass is 10.2. The maximum absolute atomic E-state index is 14.2. The van der Waals surface area contributed by atoms with Crippen molar-refractivity contribution in [1.29, 1.82) is 0 Å². The maximum atomic E-state index is 14.2. The monoisotopic (exact) mass is 392 g/mol. The Morgan fingerprint density at radius 3 is 2.93 bits per heavy atom. The number of halogens is 1. The van der Waals surface area contributed by atoms with Gasteiger partial charge in [0.15, 0.2) is 11.0 Å². The molecule has 1 fully saturated rings. The Hall–Kier alpha value is -1.93. The lowest BCUT2D eigenvalue weighted by molar-refractivity contribution is -0.119. The summed E-state index contributed by atoms with van der Waals surface area (Å²) >= 11 is 1.32. The first-order valence-electron chi connectivity index (χ1n) is 9.23. The summed E-state index contributed by atoms with van der Waals surface area (Å²) in [5.74, 6) is 0.659. The standard InChI is InChI=1S/C19H25FN4O2S/c1-13(2)11-24-18(15-7-3-4-8-16(15)20)22-23-19(24)27-12-17(25)21-10-14-6-5-9-26-14/h3-4,7-8,13-14H,5-6,9-12H2,1-2H3,(H,21,25)/t14-/m1/s1. The highest BCUT2D eigenvalue weighted by Gasteiger charge is 2.20. The van der Waals surface area contributed by atoms with E-state index in [1.54, 1.807) is 18.2 Å². The second-order valence-electron chi connectivity index (χ2n) is 7.02. The lowest BCUT2D eigenvalue weighted by Crippen LogP contribution is -2.33. The van der Waals surface area contributed by atoms with Gasteiger partial charge in [-0.15, -0.1) is 10.2 Å². The molecule has 1 aliphatic heterocycles. The van der Waals surface area contributed by atoms with Gasteiger partial charge in [0.25, 0.3) is 0 Å². The second kappa shape index (κ2) is 9.32. The Morgan fingerprint density at radius 2 is 2.22 bits per heavy atom. The van der Waals surface area contributed by atoms with E-state index in [-0.39, 0.29) is 23.6 Å². The summed E-state index contributed by atoms with van der Waals surface area (Å²) in [5.41, 5.74) is 0.417. The summed E-state index contributed by atoms with van der Waals surface area (Å²) < 4.78 is 21.6. The number of carbonyl (C=O) groups is 1. The average molecular weight is 393 g/mol. The number of ether oxygens (including phenoxy) is 1. The SMILES string of the molecule is CC(C)Cn1c(SCC(=O)NC[C@H]2CCCO2)nnc1-c1ccccc1F. The quantitative estimate of drug-likeness (QED) is 0.699. The number of nitrogens with zero attached hydrogens (tertiary/aromatic N) is 3. The number of benzene rings is 1. The van der Waals surface area contributed by atoms with Crippen LogP contribution in [-0.2, 0) is 16.1 Å².